The summed E-state index contributed by atoms with van der Waals surface area (Å²) in [6.45, 7) is 2.99. The van der Waals surface area contributed by atoms with Crippen molar-refractivity contribution in [3.8, 4) is 18.1 Å². The molecule has 2 rings (SSSR count). The molecule has 0 saturated heterocycles. The molecule has 0 radical (unpaired) electrons. The van der Waals surface area contributed by atoms with Crippen molar-refractivity contribution < 1.29 is 4.74 Å². The van der Waals surface area contributed by atoms with Gasteiger partial charge in [0, 0.05) is 26.7 Å². The van der Waals surface area contributed by atoms with Crippen LogP contribution in [-0.2, 0) is 6.54 Å². The van der Waals surface area contributed by atoms with Gasteiger partial charge in [0.15, 0.2) is 0 Å². The lowest BCUT2D eigenvalue weighted by atomic mass is 10.2. The normalized spacial score (nSPS) is 10.0. The second-order valence-electron chi connectivity index (χ2n) is 4.56. The number of anilines is 1. The molecule has 0 aliphatic heterocycles. The van der Waals surface area contributed by atoms with Crippen LogP contribution < -0.4 is 10.1 Å². The summed E-state index contributed by atoms with van der Waals surface area (Å²) in [5, 5.41) is 3.39. The first-order valence-electron chi connectivity index (χ1n) is 6.45. The number of hydrogen-bond donors (Lipinski definition) is 1. The summed E-state index contributed by atoms with van der Waals surface area (Å²) in [6, 6.07) is 12.1. The van der Waals surface area contributed by atoms with E-state index in [-0.39, 0.29) is 6.61 Å². The van der Waals surface area contributed by atoms with Crippen molar-refractivity contribution in [1.82, 2.24) is 0 Å². The lowest BCUT2D eigenvalue weighted by Gasteiger charge is -2.13. The van der Waals surface area contributed by atoms with Gasteiger partial charge in [-0.25, -0.2) is 0 Å². The average Bonchev–Trinajstić information content (AvgIpc) is 2.47. The quantitative estimate of drug-likeness (QED) is 0.691. The van der Waals surface area contributed by atoms with Crippen molar-refractivity contribution in [3.05, 3.63) is 56.5 Å². The lowest BCUT2D eigenvalue weighted by Crippen LogP contribution is -2.04. The molecular formula is C17H15Br2NO. The van der Waals surface area contributed by atoms with Crippen LogP contribution >= 0.6 is 31.9 Å². The Morgan fingerprint density at radius 1 is 1.19 bits per heavy atom. The number of nitrogens with one attached hydrogen (secondary N) is 1. The Labute approximate surface area is 142 Å². The average molecular weight is 409 g/mol. The molecule has 0 amide bonds. The van der Waals surface area contributed by atoms with Gasteiger partial charge in [-0.1, -0.05) is 43.8 Å². The Bertz CT molecular complexity index is 677. The Balaban J connectivity index is 2.13. The molecule has 0 unspecified atom stereocenters. The van der Waals surface area contributed by atoms with E-state index in [9.17, 15) is 0 Å². The van der Waals surface area contributed by atoms with Crippen LogP contribution in [0, 0.1) is 19.3 Å². The van der Waals surface area contributed by atoms with Crippen LogP contribution in [0.15, 0.2) is 45.3 Å². The SMILES string of the molecule is C#CCOc1ccc(Br)cc1CNc1ccc(C)c(Br)c1. The van der Waals surface area contributed by atoms with Crippen molar-refractivity contribution in [2.75, 3.05) is 11.9 Å². The van der Waals surface area contributed by atoms with Crippen LogP contribution in [0.3, 0.4) is 0 Å². The molecule has 21 heavy (non-hydrogen) atoms. The summed E-state index contributed by atoms with van der Waals surface area (Å²) >= 11 is 7.02. The van der Waals surface area contributed by atoms with Gasteiger partial charge in [-0.2, -0.15) is 0 Å². The Kier molecular flexibility index (Phi) is 5.72. The van der Waals surface area contributed by atoms with E-state index in [4.69, 9.17) is 11.2 Å². The number of aryl methyl sites for hydroxylation is 1. The molecule has 0 fully saturated rings. The van der Waals surface area contributed by atoms with E-state index >= 15 is 0 Å². The van der Waals surface area contributed by atoms with Gasteiger partial charge in [0.1, 0.15) is 12.4 Å². The van der Waals surface area contributed by atoms with Crippen LogP contribution in [0.2, 0.25) is 0 Å². The van der Waals surface area contributed by atoms with Crippen LogP contribution in [0.25, 0.3) is 0 Å². The van der Waals surface area contributed by atoms with Crippen molar-refractivity contribution in [1.29, 1.82) is 0 Å². The zero-order valence-electron chi connectivity index (χ0n) is 11.6. The molecule has 0 aliphatic rings. The van der Waals surface area contributed by atoms with Gasteiger partial charge in [0.05, 0.1) is 0 Å². The highest BCUT2D eigenvalue weighted by Gasteiger charge is 2.05. The lowest BCUT2D eigenvalue weighted by molar-refractivity contribution is 0.366. The third-order valence-electron chi connectivity index (χ3n) is 2.99. The third kappa shape index (κ3) is 4.52. The molecule has 108 valence electrons. The summed E-state index contributed by atoms with van der Waals surface area (Å²) < 4.78 is 7.67. The standard InChI is InChI=1S/C17H15Br2NO/c1-3-8-21-17-7-5-14(18)9-13(17)11-20-15-6-4-12(2)16(19)10-15/h1,4-7,9-10,20H,8,11H2,2H3. The Hall–Kier alpha value is -1.44. The van der Waals surface area contributed by atoms with Gasteiger partial charge in [0.2, 0.25) is 0 Å². The van der Waals surface area contributed by atoms with Crippen LogP contribution in [-0.4, -0.2) is 6.61 Å². The predicted octanol–water partition coefficient (Wildman–Crippen LogP) is 5.14. The fraction of sp³-hybridized carbons (Fsp3) is 0.176. The topological polar surface area (TPSA) is 21.3 Å². The number of ether oxygens (including phenoxy) is 1. The highest BCUT2D eigenvalue weighted by molar-refractivity contribution is 9.10. The first kappa shape index (κ1) is 15.9. The van der Waals surface area contributed by atoms with Gasteiger partial charge in [-0.05, 0) is 42.8 Å². The maximum absolute atomic E-state index is 5.57. The van der Waals surface area contributed by atoms with Gasteiger partial charge in [-0.3, -0.25) is 0 Å². The molecular weight excluding hydrogens is 394 g/mol. The van der Waals surface area contributed by atoms with E-state index in [0.29, 0.717) is 6.54 Å². The van der Waals surface area contributed by atoms with Gasteiger partial charge in [-0.15, -0.1) is 6.42 Å². The highest BCUT2D eigenvalue weighted by atomic mass is 79.9. The third-order valence-corrected chi connectivity index (χ3v) is 4.34. The van der Waals surface area contributed by atoms with Crippen molar-refractivity contribution >= 4 is 37.5 Å². The molecule has 0 bridgehead atoms. The van der Waals surface area contributed by atoms with Crippen molar-refractivity contribution in [2.24, 2.45) is 0 Å². The van der Waals surface area contributed by atoms with E-state index in [1.807, 2.05) is 18.2 Å². The Morgan fingerprint density at radius 2 is 2.00 bits per heavy atom. The smallest absolute Gasteiger partial charge is 0.148 e. The molecule has 2 aromatic carbocycles. The fourth-order valence-electron chi connectivity index (χ4n) is 1.85. The second-order valence-corrected chi connectivity index (χ2v) is 6.33. The maximum Gasteiger partial charge on any atom is 0.148 e. The minimum atomic E-state index is 0.269. The molecule has 0 aromatic heterocycles. The summed E-state index contributed by atoms with van der Waals surface area (Å²) in [7, 11) is 0. The summed E-state index contributed by atoms with van der Waals surface area (Å²) in [6.07, 6.45) is 5.25. The molecule has 2 aromatic rings. The predicted molar refractivity (Wildman–Crippen MR) is 94.7 cm³/mol. The Morgan fingerprint density at radius 3 is 2.71 bits per heavy atom. The van der Waals surface area contributed by atoms with Crippen LogP contribution in [0.4, 0.5) is 5.69 Å². The van der Waals surface area contributed by atoms with Gasteiger partial charge in [0.25, 0.3) is 0 Å². The maximum atomic E-state index is 5.57. The molecule has 0 atom stereocenters. The van der Waals surface area contributed by atoms with Gasteiger partial charge >= 0.3 is 0 Å². The number of rotatable bonds is 5. The van der Waals surface area contributed by atoms with E-state index < -0.39 is 0 Å². The zero-order chi connectivity index (χ0) is 15.2. The van der Waals surface area contributed by atoms with Crippen LogP contribution in [0.5, 0.6) is 5.75 Å². The van der Waals surface area contributed by atoms with Crippen molar-refractivity contribution in [2.45, 2.75) is 13.5 Å². The highest BCUT2D eigenvalue weighted by Crippen LogP contribution is 2.25. The van der Waals surface area contributed by atoms with E-state index in [2.05, 4.69) is 68.2 Å². The number of terminal acetylenes is 1. The first-order valence-corrected chi connectivity index (χ1v) is 8.03. The minimum absolute atomic E-state index is 0.269. The molecule has 0 heterocycles. The monoisotopic (exact) mass is 407 g/mol. The molecule has 1 N–H and O–H groups in total. The van der Waals surface area contributed by atoms with E-state index in [1.165, 1.54) is 5.56 Å². The van der Waals surface area contributed by atoms with Gasteiger partial charge < -0.3 is 10.1 Å². The van der Waals surface area contributed by atoms with E-state index in [0.717, 1.165) is 25.9 Å². The molecule has 0 spiro atoms. The summed E-state index contributed by atoms with van der Waals surface area (Å²) in [5.41, 5.74) is 3.31. The fourth-order valence-corrected chi connectivity index (χ4v) is 2.63. The van der Waals surface area contributed by atoms with Crippen LogP contribution in [0.1, 0.15) is 11.1 Å². The molecule has 2 nitrogen and oxygen atoms in total. The number of benzene rings is 2. The van der Waals surface area contributed by atoms with Crippen molar-refractivity contribution in [3.63, 3.8) is 0 Å². The first-order chi connectivity index (χ1) is 10.1. The molecule has 4 heteroatoms. The molecule has 0 saturated carbocycles. The minimum Gasteiger partial charge on any atom is -0.481 e. The molecule has 0 aliphatic carbocycles. The van der Waals surface area contributed by atoms with E-state index in [1.54, 1.807) is 0 Å². The number of hydrogen-bond acceptors (Lipinski definition) is 2. The summed E-state index contributed by atoms with van der Waals surface area (Å²) in [5.74, 6) is 3.29. The second kappa shape index (κ2) is 7.53. The largest absolute Gasteiger partial charge is 0.481 e. The summed E-state index contributed by atoms with van der Waals surface area (Å²) in [4.78, 5) is 0. The number of halogens is 2. The zero-order valence-corrected chi connectivity index (χ0v) is 14.8.